The Morgan fingerprint density at radius 3 is 2.70 bits per heavy atom. The molecule has 0 aliphatic carbocycles. The first kappa shape index (κ1) is 17.8. The van der Waals surface area contributed by atoms with Gasteiger partial charge in [-0.2, -0.15) is 0 Å². The Hall–Kier alpha value is -1.59. The minimum absolute atomic E-state index is 0.0325. The van der Waals surface area contributed by atoms with Crippen molar-refractivity contribution in [3.63, 3.8) is 0 Å². The first-order chi connectivity index (χ1) is 11.0. The standard InChI is InChI=1S/C17H24ClN3O2/c1-13(22)20(2)16-8-10-21(11-16)12-17(23)19-9-7-14-3-5-15(18)6-4-14/h3-6,16H,7-12H2,1-2H3,(H,19,23). The van der Waals surface area contributed by atoms with Gasteiger partial charge in [-0.1, -0.05) is 23.7 Å². The molecule has 126 valence electrons. The van der Waals surface area contributed by atoms with E-state index in [-0.39, 0.29) is 17.9 Å². The number of rotatable bonds is 6. The van der Waals surface area contributed by atoms with Gasteiger partial charge in [-0.15, -0.1) is 0 Å². The van der Waals surface area contributed by atoms with Crippen LogP contribution in [-0.4, -0.2) is 60.9 Å². The molecule has 2 rings (SSSR count). The number of hydrogen-bond donors (Lipinski definition) is 1. The largest absolute Gasteiger partial charge is 0.355 e. The average molecular weight is 338 g/mol. The van der Waals surface area contributed by atoms with Crippen LogP contribution in [-0.2, 0) is 16.0 Å². The van der Waals surface area contributed by atoms with Gasteiger partial charge in [0.25, 0.3) is 0 Å². The summed E-state index contributed by atoms with van der Waals surface area (Å²) in [7, 11) is 1.82. The molecule has 0 saturated carbocycles. The van der Waals surface area contributed by atoms with Crippen molar-refractivity contribution >= 4 is 23.4 Å². The fourth-order valence-electron chi connectivity index (χ4n) is 2.79. The van der Waals surface area contributed by atoms with Gasteiger partial charge in [-0.3, -0.25) is 14.5 Å². The van der Waals surface area contributed by atoms with Crippen molar-refractivity contribution in [2.24, 2.45) is 0 Å². The Morgan fingerprint density at radius 2 is 2.04 bits per heavy atom. The number of halogens is 1. The molecular formula is C17H24ClN3O2. The van der Waals surface area contributed by atoms with Crippen LogP contribution in [0.5, 0.6) is 0 Å². The van der Waals surface area contributed by atoms with Crippen molar-refractivity contribution in [1.29, 1.82) is 0 Å². The highest BCUT2D eigenvalue weighted by Gasteiger charge is 2.27. The molecule has 1 aliphatic rings. The third kappa shape index (κ3) is 5.52. The number of likely N-dealkylation sites (N-methyl/N-ethyl adjacent to an activating group) is 1. The molecule has 0 aromatic heterocycles. The highest BCUT2D eigenvalue weighted by Crippen LogP contribution is 2.14. The molecule has 0 bridgehead atoms. The zero-order chi connectivity index (χ0) is 16.8. The van der Waals surface area contributed by atoms with E-state index in [9.17, 15) is 9.59 Å². The molecule has 1 aromatic carbocycles. The number of carbonyl (C=O) groups is 2. The van der Waals surface area contributed by atoms with Gasteiger partial charge in [0.15, 0.2) is 0 Å². The monoisotopic (exact) mass is 337 g/mol. The van der Waals surface area contributed by atoms with Crippen molar-refractivity contribution in [1.82, 2.24) is 15.1 Å². The third-order valence-electron chi connectivity index (χ3n) is 4.31. The van der Waals surface area contributed by atoms with E-state index >= 15 is 0 Å². The molecule has 1 fully saturated rings. The maximum absolute atomic E-state index is 12.0. The predicted molar refractivity (Wildman–Crippen MR) is 91.5 cm³/mol. The van der Waals surface area contributed by atoms with Gasteiger partial charge in [0.05, 0.1) is 6.54 Å². The normalized spacial score (nSPS) is 18.0. The van der Waals surface area contributed by atoms with Gasteiger partial charge in [0.2, 0.25) is 11.8 Å². The van der Waals surface area contributed by atoms with Crippen LogP contribution in [0.4, 0.5) is 0 Å². The van der Waals surface area contributed by atoms with E-state index in [1.165, 1.54) is 0 Å². The van der Waals surface area contributed by atoms with Crippen LogP contribution in [0.15, 0.2) is 24.3 Å². The molecule has 1 unspecified atom stereocenters. The molecule has 1 heterocycles. The lowest BCUT2D eigenvalue weighted by Gasteiger charge is -2.23. The van der Waals surface area contributed by atoms with E-state index < -0.39 is 0 Å². The van der Waals surface area contributed by atoms with Gasteiger partial charge in [-0.25, -0.2) is 0 Å². The van der Waals surface area contributed by atoms with Gasteiger partial charge in [0.1, 0.15) is 0 Å². The topological polar surface area (TPSA) is 52.7 Å². The number of amides is 2. The minimum atomic E-state index is 0.0325. The van der Waals surface area contributed by atoms with E-state index in [2.05, 4.69) is 10.2 Å². The zero-order valence-corrected chi connectivity index (χ0v) is 14.5. The number of carbonyl (C=O) groups excluding carboxylic acids is 2. The zero-order valence-electron chi connectivity index (χ0n) is 13.7. The van der Waals surface area contributed by atoms with Crippen molar-refractivity contribution < 1.29 is 9.59 Å². The summed E-state index contributed by atoms with van der Waals surface area (Å²) in [5.41, 5.74) is 1.15. The molecule has 0 spiro atoms. The fraction of sp³-hybridized carbons (Fsp3) is 0.529. The Kier molecular flexibility index (Phi) is 6.42. The van der Waals surface area contributed by atoms with Gasteiger partial charge in [-0.05, 0) is 30.5 Å². The highest BCUT2D eigenvalue weighted by molar-refractivity contribution is 6.30. The smallest absolute Gasteiger partial charge is 0.234 e. The van der Waals surface area contributed by atoms with E-state index in [1.54, 1.807) is 11.8 Å². The summed E-state index contributed by atoms with van der Waals surface area (Å²) in [6.45, 7) is 4.20. The molecule has 5 nitrogen and oxygen atoms in total. The Balaban J connectivity index is 1.67. The first-order valence-electron chi connectivity index (χ1n) is 7.92. The van der Waals surface area contributed by atoms with Crippen LogP contribution < -0.4 is 5.32 Å². The maximum atomic E-state index is 12.0. The lowest BCUT2D eigenvalue weighted by molar-refractivity contribution is -0.129. The summed E-state index contributed by atoms with van der Waals surface area (Å²) in [6.07, 6.45) is 1.72. The fourth-order valence-corrected chi connectivity index (χ4v) is 2.91. The van der Waals surface area contributed by atoms with Crippen LogP contribution in [0.2, 0.25) is 5.02 Å². The molecule has 1 aromatic rings. The van der Waals surface area contributed by atoms with Crippen LogP contribution in [0.3, 0.4) is 0 Å². The van der Waals surface area contributed by atoms with E-state index in [1.807, 2.05) is 31.3 Å². The van der Waals surface area contributed by atoms with Gasteiger partial charge >= 0.3 is 0 Å². The molecule has 1 N–H and O–H groups in total. The summed E-state index contributed by atoms with van der Waals surface area (Å²) in [4.78, 5) is 27.2. The van der Waals surface area contributed by atoms with Crippen molar-refractivity contribution in [3.05, 3.63) is 34.9 Å². The first-order valence-corrected chi connectivity index (χ1v) is 8.30. The molecular weight excluding hydrogens is 314 g/mol. The predicted octanol–water partition coefficient (Wildman–Crippen LogP) is 1.55. The molecule has 0 radical (unpaired) electrons. The number of hydrogen-bond acceptors (Lipinski definition) is 3. The number of benzene rings is 1. The second kappa shape index (κ2) is 8.31. The second-order valence-electron chi connectivity index (χ2n) is 6.03. The Labute approximate surface area is 142 Å². The Morgan fingerprint density at radius 1 is 1.35 bits per heavy atom. The summed E-state index contributed by atoms with van der Waals surface area (Å²) < 4.78 is 0. The molecule has 1 saturated heterocycles. The number of likely N-dealkylation sites (tertiary alicyclic amines) is 1. The van der Waals surface area contributed by atoms with Gasteiger partial charge < -0.3 is 10.2 Å². The molecule has 23 heavy (non-hydrogen) atoms. The molecule has 1 atom stereocenters. The van der Waals surface area contributed by atoms with E-state index in [4.69, 9.17) is 11.6 Å². The van der Waals surface area contributed by atoms with Crippen LogP contribution in [0.1, 0.15) is 18.9 Å². The SMILES string of the molecule is CC(=O)N(C)C1CCN(CC(=O)NCCc2ccc(Cl)cc2)C1. The van der Waals surface area contributed by atoms with Crippen LogP contribution in [0, 0.1) is 0 Å². The second-order valence-corrected chi connectivity index (χ2v) is 6.47. The average Bonchev–Trinajstić information content (AvgIpc) is 2.96. The quantitative estimate of drug-likeness (QED) is 0.857. The number of nitrogens with zero attached hydrogens (tertiary/aromatic N) is 2. The molecule has 6 heteroatoms. The van der Waals surface area contributed by atoms with Crippen molar-refractivity contribution in [2.45, 2.75) is 25.8 Å². The molecule has 2 amide bonds. The van der Waals surface area contributed by atoms with E-state index in [0.29, 0.717) is 13.1 Å². The summed E-state index contributed by atoms with van der Waals surface area (Å²) >= 11 is 5.84. The lowest BCUT2D eigenvalue weighted by Crippen LogP contribution is -2.40. The maximum Gasteiger partial charge on any atom is 0.234 e. The summed E-state index contributed by atoms with van der Waals surface area (Å²) in [6, 6.07) is 7.87. The summed E-state index contributed by atoms with van der Waals surface area (Å²) in [5.74, 6) is 0.106. The van der Waals surface area contributed by atoms with Crippen molar-refractivity contribution in [2.75, 3.05) is 33.2 Å². The molecule has 1 aliphatic heterocycles. The lowest BCUT2D eigenvalue weighted by atomic mass is 10.1. The van der Waals surface area contributed by atoms with Gasteiger partial charge in [0, 0.05) is 44.7 Å². The van der Waals surface area contributed by atoms with E-state index in [0.717, 1.165) is 36.5 Å². The Bertz CT molecular complexity index is 547. The third-order valence-corrected chi connectivity index (χ3v) is 4.56. The van der Waals surface area contributed by atoms with Crippen LogP contribution in [0.25, 0.3) is 0 Å². The highest BCUT2D eigenvalue weighted by atomic mass is 35.5. The summed E-state index contributed by atoms with van der Waals surface area (Å²) in [5, 5.41) is 3.66. The minimum Gasteiger partial charge on any atom is -0.355 e. The van der Waals surface area contributed by atoms with Crippen molar-refractivity contribution in [3.8, 4) is 0 Å². The number of nitrogens with one attached hydrogen (secondary N) is 1. The van der Waals surface area contributed by atoms with Crippen LogP contribution >= 0.6 is 11.6 Å².